The predicted octanol–water partition coefficient (Wildman–Crippen LogP) is 4.34. The molecule has 0 saturated carbocycles. The lowest BCUT2D eigenvalue weighted by molar-refractivity contribution is -0.132. The summed E-state index contributed by atoms with van der Waals surface area (Å²) in [5, 5.41) is 20.7. The van der Waals surface area contributed by atoms with Gasteiger partial charge in [0.2, 0.25) is 0 Å². The molecule has 1 aliphatic heterocycles. The summed E-state index contributed by atoms with van der Waals surface area (Å²) in [4.78, 5) is 39.4. The highest BCUT2D eigenvalue weighted by molar-refractivity contribution is 6.51. The molecule has 8 nitrogen and oxygen atoms in total. The number of benzene rings is 3. The van der Waals surface area contributed by atoms with Crippen molar-refractivity contribution in [1.82, 2.24) is 0 Å². The third kappa shape index (κ3) is 4.21. The van der Waals surface area contributed by atoms with Crippen LogP contribution in [0.2, 0.25) is 0 Å². The van der Waals surface area contributed by atoms with Gasteiger partial charge in [-0.05, 0) is 37.3 Å². The number of Topliss-reactive ketones (excluding diaryl/α,β-unsaturated/α-hetero) is 1. The molecule has 0 spiro atoms. The van der Waals surface area contributed by atoms with Crippen LogP contribution in [-0.4, -0.2) is 42.1 Å². The van der Waals surface area contributed by atoms with Crippen LogP contribution < -0.4 is 14.4 Å². The minimum absolute atomic E-state index is 0.0524. The number of aliphatic hydroxyl groups is 1. The number of hydrogen-bond acceptors (Lipinski definition) is 6. The van der Waals surface area contributed by atoms with Crippen molar-refractivity contribution in [3.05, 3.63) is 94.6 Å². The third-order valence-corrected chi connectivity index (χ3v) is 5.88. The van der Waals surface area contributed by atoms with Gasteiger partial charge in [0.1, 0.15) is 17.3 Å². The largest absolute Gasteiger partial charge is 0.507 e. The monoisotopic (exact) mass is 473 g/mol. The van der Waals surface area contributed by atoms with Crippen molar-refractivity contribution in [3.8, 4) is 11.5 Å². The first kappa shape index (κ1) is 23.6. The summed E-state index contributed by atoms with van der Waals surface area (Å²) in [5.41, 5.74) is 1.75. The van der Waals surface area contributed by atoms with E-state index in [2.05, 4.69) is 0 Å². The van der Waals surface area contributed by atoms with Crippen LogP contribution in [0.5, 0.6) is 11.5 Å². The van der Waals surface area contributed by atoms with E-state index in [0.717, 1.165) is 5.56 Å². The fraction of sp³-hybridized carbons (Fsp3) is 0.148. The Labute approximate surface area is 201 Å². The number of carbonyl (C=O) groups is 3. The van der Waals surface area contributed by atoms with Gasteiger partial charge in [-0.15, -0.1) is 0 Å². The van der Waals surface area contributed by atoms with Gasteiger partial charge in [0.25, 0.3) is 11.7 Å². The minimum Gasteiger partial charge on any atom is -0.507 e. The quantitative estimate of drug-likeness (QED) is 0.311. The van der Waals surface area contributed by atoms with Crippen molar-refractivity contribution >= 4 is 29.1 Å². The van der Waals surface area contributed by atoms with Crippen LogP contribution in [-0.2, 0) is 9.59 Å². The average Bonchev–Trinajstić information content (AvgIpc) is 3.13. The molecule has 0 aromatic heterocycles. The summed E-state index contributed by atoms with van der Waals surface area (Å²) in [7, 11) is 2.94. The molecular formula is C27H23NO7. The van der Waals surface area contributed by atoms with Crippen molar-refractivity contribution in [2.45, 2.75) is 13.0 Å². The number of ether oxygens (including phenoxy) is 2. The number of aromatic carboxylic acids is 1. The first-order valence-electron chi connectivity index (χ1n) is 10.7. The van der Waals surface area contributed by atoms with E-state index in [0.29, 0.717) is 22.6 Å². The summed E-state index contributed by atoms with van der Waals surface area (Å²) in [6.45, 7) is 1.89. The number of carbonyl (C=O) groups excluding carboxylic acids is 2. The Balaban J connectivity index is 2.00. The number of hydrogen-bond donors (Lipinski definition) is 2. The standard InChI is InChI=1S/C27H23NO7/c1-15-7-9-16(10-8-15)24(29)22-23(20-12-11-19(34-2)14-21(20)35-3)28(26(31)25(22)30)18-6-4-5-17(13-18)27(32)33/h4-14,23,29H,1-3H3,(H,32,33)/t23-/m1/s1. The molecule has 2 N–H and O–H groups in total. The number of amides is 1. The van der Waals surface area contributed by atoms with E-state index in [1.165, 1.54) is 43.4 Å². The summed E-state index contributed by atoms with van der Waals surface area (Å²) in [6, 6.07) is 16.4. The zero-order valence-electron chi connectivity index (χ0n) is 19.3. The van der Waals surface area contributed by atoms with Gasteiger partial charge in [-0.2, -0.15) is 0 Å². The van der Waals surface area contributed by atoms with Crippen molar-refractivity contribution < 1.29 is 34.1 Å². The topological polar surface area (TPSA) is 113 Å². The Morgan fingerprint density at radius 2 is 1.60 bits per heavy atom. The summed E-state index contributed by atoms with van der Waals surface area (Å²) < 4.78 is 10.8. The average molecular weight is 473 g/mol. The van der Waals surface area contributed by atoms with Gasteiger partial charge in [0.15, 0.2) is 0 Å². The van der Waals surface area contributed by atoms with Crippen LogP contribution in [0.15, 0.2) is 72.3 Å². The van der Waals surface area contributed by atoms with Gasteiger partial charge in [-0.25, -0.2) is 4.79 Å². The Morgan fingerprint density at radius 3 is 2.23 bits per heavy atom. The normalized spacial score (nSPS) is 16.9. The number of aryl methyl sites for hydroxylation is 1. The van der Waals surface area contributed by atoms with E-state index in [-0.39, 0.29) is 22.6 Å². The molecule has 1 fully saturated rings. The van der Waals surface area contributed by atoms with Gasteiger partial charge in [0, 0.05) is 22.9 Å². The molecule has 1 atom stereocenters. The number of methoxy groups -OCH3 is 2. The van der Waals surface area contributed by atoms with Crippen molar-refractivity contribution in [3.63, 3.8) is 0 Å². The van der Waals surface area contributed by atoms with E-state index in [4.69, 9.17) is 9.47 Å². The van der Waals surface area contributed by atoms with Crippen LogP contribution in [0.3, 0.4) is 0 Å². The SMILES string of the molecule is COc1ccc([C@@H]2C(=C(O)c3ccc(C)cc3)C(=O)C(=O)N2c2cccc(C(=O)O)c2)c(OC)c1. The Kier molecular flexibility index (Phi) is 6.29. The third-order valence-electron chi connectivity index (χ3n) is 5.88. The van der Waals surface area contributed by atoms with E-state index >= 15 is 0 Å². The first-order chi connectivity index (χ1) is 16.8. The number of aliphatic hydroxyl groups excluding tert-OH is 1. The highest BCUT2D eigenvalue weighted by Gasteiger charge is 2.48. The van der Waals surface area contributed by atoms with Crippen LogP contribution in [0.4, 0.5) is 5.69 Å². The number of rotatable bonds is 6. The fourth-order valence-corrected chi connectivity index (χ4v) is 4.09. The molecule has 8 heteroatoms. The minimum atomic E-state index is -1.18. The molecule has 178 valence electrons. The molecular weight excluding hydrogens is 450 g/mol. The van der Waals surface area contributed by atoms with Gasteiger partial charge in [0.05, 0.1) is 31.4 Å². The summed E-state index contributed by atoms with van der Waals surface area (Å²) in [6.07, 6.45) is 0. The molecule has 0 radical (unpaired) electrons. The van der Waals surface area contributed by atoms with Crippen LogP contribution in [0.1, 0.15) is 33.1 Å². The first-order valence-corrected chi connectivity index (χ1v) is 10.7. The summed E-state index contributed by atoms with van der Waals surface area (Å²) >= 11 is 0. The van der Waals surface area contributed by atoms with Crippen LogP contribution in [0.25, 0.3) is 5.76 Å². The van der Waals surface area contributed by atoms with Crippen molar-refractivity contribution in [2.75, 3.05) is 19.1 Å². The lowest BCUT2D eigenvalue weighted by Gasteiger charge is -2.27. The summed E-state index contributed by atoms with van der Waals surface area (Å²) in [5.74, 6) is -2.50. The molecule has 1 aliphatic rings. The van der Waals surface area contributed by atoms with E-state index in [9.17, 15) is 24.6 Å². The number of nitrogens with zero attached hydrogens (tertiary/aromatic N) is 1. The lowest BCUT2D eigenvalue weighted by atomic mass is 9.94. The maximum atomic E-state index is 13.3. The molecule has 1 heterocycles. The lowest BCUT2D eigenvalue weighted by Crippen LogP contribution is -2.29. The fourth-order valence-electron chi connectivity index (χ4n) is 4.09. The molecule has 0 aliphatic carbocycles. The zero-order chi connectivity index (χ0) is 25.3. The van der Waals surface area contributed by atoms with Gasteiger partial charge >= 0.3 is 5.97 Å². The Hall–Kier alpha value is -4.59. The second kappa shape index (κ2) is 9.34. The second-order valence-corrected chi connectivity index (χ2v) is 8.00. The smallest absolute Gasteiger partial charge is 0.335 e. The molecule has 1 saturated heterocycles. The van der Waals surface area contributed by atoms with Crippen molar-refractivity contribution in [1.29, 1.82) is 0 Å². The maximum Gasteiger partial charge on any atom is 0.335 e. The number of anilines is 1. The zero-order valence-corrected chi connectivity index (χ0v) is 19.3. The van der Waals surface area contributed by atoms with Crippen LogP contribution in [0, 0.1) is 6.92 Å². The Bertz CT molecular complexity index is 1360. The maximum absolute atomic E-state index is 13.3. The van der Waals surface area contributed by atoms with Crippen molar-refractivity contribution in [2.24, 2.45) is 0 Å². The molecule has 35 heavy (non-hydrogen) atoms. The van der Waals surface area contributed by atoms with Gasteiger partial charge in [-0.1, -0.05) is 35.9 Å². The molecule has 3 aromatic rings. The molecule has 4 rings (SSSR count). The van der Waals surface area contributed by atoms with E-state index in [1.807, 2.05) is 6.92 Å². The molecule has 0 unspecified atom stereocenters. The molecule has 3 aromatic carbocycles. The highest BCUT2D eigenvalue weighted by atomic mass is 16.5. The Morgan fingerprint density at radius 1 is 0.886 bits per heavy atom. The molecule has 1 amide bonds. The predicted molar refractivity (Wildman–Crippen MR) is 129 cm³/mol. The number of carboxylic acids is 1. The van der Waals surface area contributed by atoms with Gasteiger partial charge < -0.3 is 19.7 Å². The van der Waals surface area contributed by atoms with E-state index in [1.54, 1.807) is 42.5 Å². The van der Waals surface area contributed by atoms with Crippen LogP contribution >= 0.6 is 0 Å². The molecule has 0 bridgehead atoms. The number of carboxylic acid groups (broad SMARTS) is 1. The highest BCUT2D eigenvalue weighted by Crippen LogP contribution is 2.45. The number of ketones is 1. The second-order valence-electron chi connectivity index (χ2n) is 8.00. The van der Waals surface area contributed by atoms with E-state index < -0.39 is 23.7 Å². The van der Waals surface area contributed by atoms with Gasteiger partial charge in [-0.3, -0.25) is 14.5 Å².